The molecule has 0 heterocycles. The van der Waals surface area contributed by atoms with Crippen LogP contribution in [0.5, 0.6) is 0 Å². The van der Waals surface area contributed by atoms with E-state index in [1.165, 1.54) is 25.1 Å². The van der Waals surface area contributed by atoms with Gasteiger partial charge in [0.05, 0.1) is 0 Å². The maximum atomic E-state index is 14.4. The average molecular weight is 411 g/mol. The molecule has 1 N–H and O–H groups in total. The molecule has 2 aromatic carbocycles. The van der Waals surface area contributed by atoms with Gasteiger partial charge in [-0.25, -0.2) is 4.39 Å². The van der Waals surface area contributed by atoms with Crippen LogP contribution in [-0.2, 0) is 5.60 Å². The number of alkyl halides is 3. The molecule has 0 saturated carbocycles. The van der Waals surface area contributed by atoms with Gasteiger partial charge in [0, 0.05) is 21.2 Å². The number of hydrogen-bond acceptors (Lipinski definition) is 1. The molecule has 144 valence electrons. The van der Waals surface area contributed by atoms with Gasteiger partial charge in [-0.1, -0.05) is 68.6 Å². The lowest BCUT2D eigenvalue weighted by molar-refractivity contribution is -0.270. The van der Waals surface area contributed by atoms with Gasteiger partial charge in [-0.2, -0.15) is 13.2 Å². The number of halogens is 6. The van der Waals surface area contributed by atoms with E-state index in [0.717, 1.165) is 12.1 Å². The maximum absolute atomic E-state index is 14.4. The zero-order valence-corrected chi connectivity index (χ0v) is 16.1. The van der Waals surface area contributed by atoms with Crippen LogP contribution < -0.4 is 0 Å². The highest BCUT2D eigenvalue weighted by atomic mass is 35.5. The molecule has 2 rings (SSSR count). The molecule has 0 aliphatic carbocycles. The van der Waals surface area contributed by atoms with Gasteiger partial charge in [0.25, 0.3) is 0 Å². The first-order chi connectivity index (χ1) is 12.1. The lowest BCUT2D eigenvalue weighted by Crippen LogP contribution is -2.42. The molecule has 1 atom stereocenters. The van der Waals surface area contributed by atoms with E-state index in [9.17, 15) is 22.7 Å². The van der Waals surface area contributed by atoms with E-state index >= 15 is 0 Å². The van der Waals surface area contributed by atoms with Crippen LogP contribution in [0.25, 0.3) is 11.1 Å². The fraction of sp³-hybridized carbons (Fsp3) is 0.368. The summed E-state index contributed by atoms with van der Waals surface area (Å²) in [7, 11) is 0. The summed E-state index contributed by atoms with van der Waals surface area (Å²) in [6.45, 7) is 5.48. The van der Waals surface area contributed by atoms with Crippen LogP contribution in [0.15, 0.2) is 36.4 Å². The average Bonchev–Trinajstić information content (AvgIpc) is 2.55. The second-order valence-electron chi connectivity index (χ2n) is 5.43. The summed E-state index contributed by atoms with van der Waals surface area (Å²) in [5, 5.41) is 10.7. The molecule has 0 amide bonds. The number of hydrogen-bond donors (Lipinski definition) is 1. The van der Waals surface area contributed by atoms with Crippen LogP contribution >= 0.6 is 23.2 Å². The Labute approximate surface area is 160 Å². The standard InChI is InChI=1S/C17H14Cl2F4O.C2H6/c1-2-7-16(24,17(21,22)23)13-6-3-10(8-15(13)20)12-5-4-11(18)9-14(12)19;1-2/h3-6,8-9,24H,2,7H2,1H3;1-2H3. The molecular weight excluding hydrogens is 391 g/mol. The van der Waals surface area contributed by atoms with Crippen molar-refractivity contribution in [2.24, 2.45) is 0 Å². The van der Waals surface area contributed by atoms with Gasteiger partial charge in [0.2, 0.25) is 0 Å². The third kappa shape index (κ3) is 4.70. The highest BCUT2D eigenvalue weighted by molar-refractivity contribution is 6.36. The van der Waals surface area contributed by atoms with Gasteiger partial charge in [0.1, 0.15) is 5.82 Å². The van der Waals surface area contributed by atoms with Crippen molar-refractivity contribution in [2.75, 3.05) is 0 Å². The minimum absolute atomic E-state index is 0.0419. The van der Waals surface area contributed by atoms with E-state index in [2.05, 4.69) is 0 Å². The molecular formula is C19H20Cl2F4O. The molecule has 0 aromatic heterocycles. The van der Waals surface area contributed by atoms with Crippen molar-refractivity contribution in [3.63, 3.8) is 0 Å². The van der Waals surface area contributed by atoms with E-state index < -0.39 is 29.6 Å². The second kappa shape index (κ2) is 9.07. The SMILES string of the molecule is CC.CCCC(O)(c1ccc(-c2ccc(Cl)cc2Cl)cc1F)C(F)(F)F. The molecule has 1 unspecified atom stereocenters. The topological polar surface area (TPSA) is 20.2 Å². The Bertz CT molecular complexity index is 747. The minimum atomic E-state index is -4.98. The quantitative estimate of drug-likeness (QED) is 0.521. The fourth-order valence-electron chi connectivity index (χ4n) is 2.53. The molecule has 26 heavy (non-hydrogen) atoms. The fourth-order valence-corrected chi connectivity index (χ4v) is 3.05. The van der Waals surface area contributed by atoms with E-state index in [1.807, 2.05) is 13.8 Å². The zero-order chi connectivity index (χ0) is 20.1. The molecule has 0 aliphatic heterocycles. The van der Waals surface area contributed by atoms with Crippen LogP contribution in [0, 0.1) is 5.82 Å². The van der Waals surface area contributed by atoms with Gasteiger partial charge in [-0.3, -0.25) is 0 Å². The highest BCUT2D eigenvalue weighted by Crippen LogP contribution is 2.44. The van der Waals surface area contributed by atoms with Crippen molar-refractivity contribution < 1.29 is 22.7 Å². The Morgan fingerprint density at radius 1 is 1.00 bits per heavy atom. The Morgan fingerprint density at radius 2 is 1.62 bits per heavy atom. The van der Waals surface area contributed by atoms with Crippen LogP contribution in [-0.4, -0.2) is 11.3 Å². The van der Waals surface area contributed by atoms with E-state index in [1.54, 1.807) is 6.07 Å². The Morgan fingerprint density at radius 3 is 2.08 bits per heavy atom. The molecule has 0 bridgehead atoms. The predicted octanol–water partition coefficient (Wildman–Crippen LogP) is 7.38. The summed E-state index contributed by atoms with van der Waals surface area (Å²) in [5.41, 5.74) is -3.31. The van der Waals surface area contributed by atoms with Gasteiger partial charge in [-0.05, 0) is 30.2 Å². The first kappa shape index (κ1) is 22.7. The van der Waals surface area contributed by atoms with Crippen molar-refractivity contribution >= 4 is 23.2 Å². The van der Waals surface area contributed by atoms with Crippen LogP contribution in [0.2, 0.25) is 10.0 Å². The normalized spacial score (nSPS) is 13.6. The molecule has 0 saturated heterocycles. The van der Waals surface area contributed by atoms with Gasteiger partial charge in [-0.15, -0.1) is 0 Å². The molecule has 0 fully saturated rings. The van der Waals surface area contributed by atoms with Crippen LogP contribution in [0.3, 0.4) is 0 Å². The number of benzene rings is 2. The van der Waals surface area contributed by atoms with Crippen molar-refractivity contribution in [3.8, 4) is 11.1 Å². The molecule has 7 heteroatoms. The summed E-state index contributed by atoms with van der Waals surface area (Å²) in [4.78, 5) is 0. The first-order valence-electron chi connectivity index (χ1n) is 8.14. The Kier molecular flexibility index (Phi) is 7.93. The number of rotatable bonds is 4. The van der Waals surface area contributed by atoms with Crippen LogP contribution in [0.1, 0.15) is 39.2 Å². The summed E-state index contributed by atoms with van der Waals surface area (Å²) >= 11 is 11.8. The molecule has 0 radical (unpaired) electrons. The van der Waals surface area contributed by atoms with E-state index in [-0.39, 0.29) is 11.4 Å². The Balaban J connectivity index is 0.00000163. The molecule has 0 spiro atoms. The first-order valence-corrected chi connectivity index (χ1v) is 8.90. The summed E-state index contributed by atoms with van der Waals surface area (Å²) < 4.78 is 54.1. The molecule has 0 aliphatic rings. The highest BCUT2D eigenvalue weighted by Gasteiger charge is 2.55. The lowest BCUT2D eigenvalue weighted by Gasteiger charge is -2.31. The second-order valence-corrected chi connectivity index (χ2v) is 6.27. The summed E-state index contributed by atoms with van der Waals surface area (Å²) in [6.07, 6.45) is -5.57. The molecule has 2 aromatic rings. The summed E-state index contributed by atoms with van der Waals surface area (Å²) in [6, 6.07) is 7.70. The number of aliphatic hydroxyl groups is 1. The zero-order valence-electron chi connectivity index (χ0n) is 14.6. The maximum Gasteiger partial charge on any atom is 0.421 e. The largest absolute Gasteiger partial charge is 0.421 e. The van der Waals surface area contributed by atoms with Gasteiger partial charge < -0.3 is 5.11 Å². The van der Waals surface area contributed by atoms with Crippen molar-refractivity contribution in [2.45, 2.75) is 45.4 Å². The lowest BCUT2D eigenvalue weighted by atomic mass is 9.87. The summed E-state index contributed by atoms with van der Waals surface area (Å²) in [5.74, 6) is -1.15. The van der Waals surface area contributed by atoms with Crippen molar-refractivity contribution in [3.05, 3.63) is 57.8 Å². The predicted molar refractivity (Wildman–Crippen MR) is 98.1 cm³/mol. The van der Waals surface area contributed by atoms with Crippen LogP contribution in [0.4, 0.5) is 17.6 Å². The third-order valence-electron chi connectivity index (χ3n) is 3.74. The Hall–Kier alpha value is -1.30. The van der Waals surface area contributed by atoms with E-state index in [0.29, 0.717) is 16.1 Å². The monoisotopic (exact) mass is 410 g/mol. The minimum Gasteiger partial charge on any atom is -0.376 e. The van der Waals surface area contributed by atoms with Gasteiger partial charge in [0.15, 0.2) is 5.60 Å². The van der Waals surface area contributed by atoms with Gasteiger partial charge >= 0.3 is 6.18 Å². The molecule has 1 nitrogen and oxygen atoms in total. The smallest absolute Gasteiger partial charge is 0.376 e. The van der Waals surface area contributed by atoms with E-state index in [4.69, 9.17) is 23.2 Å². The van der Waals surface area contributed by atoms with Crippen molar-refractivity contribution in [1.29, 1.82) is 0 Å². The van der Waals surface area contributed by atoms with Crippen molar-refractivity contribution in [1.82, 2.24) is 0 Å². The third-order valence-corrected chi connectivity index (χ3v) is 4.29.